The highest BCUT2D eigenvalue weighted by molar-refractivity contribution is 6.33. The molecule has 0 spiro atoms. The van der Waals surface area contributed by atoms with Crippen LogP contribution in [0, 0.1) is 0 Å². The molecular formula is C16H19Cl2N5O. The van der Waals surface area contributed by atoms with E-state index in [0.717, 1.165) is 12.1 Å². The highest BCUT2D eigenvalue weighted by Gasteiger charge is 2.06. The van der Waals surface area contributed by atoms with Gasteiger partial charge in [0.05, 0.1) is 6.20 Å². The Bertz CT molecular complexity index is 691. The molecule has 0 radical (unpaired) electrons. The zero-order valence-corrected chi connectivity index (χ0v) is 15.0. The summed E-state index contributed by atoms with van der Waals surface area (Å²) in [5, 5.41) is 6.48. The third-order valence-electron chi connectivity index (χ3n) is 3.29. The number of nitrogens with one attached hydrogen (secondary N) is 2. The Kier molecular flexibility index (Phi) is 6.63. The first-order valence-electron chi connectivity index (χ1n) is 7.45. The molecule has 0 aliphatic rings. The Labute approximate surface area is 151 Å². The maximum absolute atomic E-state index is 12.1. The van der Waals surface area contributed by atoms with Gasteiger partial charge in [0, 0.05) is 38.4 Å². The predicted molar refractivity (Wildman–Crippen MR) is 98.3 cm³/mol. The first kappa shape index (κ1) is 18.3. The number of hydrogen-bond acceptors (Lipinski definition) is 5. The molecule has 2 aromatic rings. The van der Waals surface area contributed by atoms with Crippen LogP contribution in [0.5, 0.6) is 0 Å². The maximum atomic E-state index is 12.1. The van der Waals surface area contributed by atoms with E-state index in [1.165, 1.54) is 6.20 Å². The van der Waals surface area contributed by atoms with E-state index < -0.39 is 0 Å². The summed E-state index contributed by atoms with van der Waals surface area (Å²) in [5.74, 6) is 0.394. The molecule has 0 bridgehead atoms. The summed E-state index contributed by atoms with van der Waals surface area (Å²) in [6.07, 6.45) is 2.16. The fraction of sp³-hybridized carbons (Fsp3) is 0.312. The average Bonchev–Trinajstić information content (AvgIpc) is 2.57. The molecular weight excluding hydrogens is 349 g/mol. The largest absolute Gasteiger partial charge is 0.378 e. The van der Waals surface area contributed by atoms with Gasteiger partial charge in [-0.05, 0) is 42.3 Å². The molecule has 24 heavy (non-hydrogen) atoms. The molecule has 0 unspecified atom stereocenters. The molecule has 1 amide bonds. The van der Waals surface area contributed by atoms with Crippen LogP contribution < -0.4 is 15.5 Å². The van der Waals surface area contributed by atoms with Crippen LogP contribution in [0.25, 0.3) is 0 Å². The van der Waals surface area contributed by atoms with E-state index in [-0.39, 0.29) is 11.2 Å². The second-order valence-corrected chi connectivity index (χ2v) is 6.06. The van der Waals surface area contributed by atoms with Crippen molar-refractivity contribution in [1.82, 2.24) is 15.3 Å². The van der Waals surface area contributed by atoms with Crippen molar-refractivity contribution < 1.29 is 4.79 Å². The number of rotatable bonds is 7. The van der Waals surface area contributed by atoms with Crippen molar-refractivity contribution in [2.45, 2.75) is 6.42 Å². The number of carbonyl (C=O) groups excluding carboxylic acids is 1. The van der Waals surface area contributed by atoms with E-state index in [0.29, 0.717) is 29.5 Å². The van der Waals surface area contributed by atoms with Crippen molar-refractivity contribution >= 4 is 40.6 Å². The topological polar surface area (TPSA) is 70.2 Å². The summed E-state index contributed by atoms with van der Waals surface area (Å²) >= 11 is 11.7. The van der Waals surface area contributed by atoms with Crippen LogP contribution in [0.2, 0.25) is 10.3 Å². The van der Waals surface area contributed by atoms with Crippen molar-refractivity contribution in [2.24, 2.45) is 0 Å². The van der Waals surface area contributed by atoms with E-state index >= 15 is 0 Å². The number of anilines is 2. The van der Waals surface area contributed by atoms with Gasteiger partial charge in [0.2, 0.25) is 5.28 Å². The van der Waals surface area contributed by atoms with Crippen molar-refractivity contribution in [2.75, 3.05) is 37.4 Å². The zero-order chi connectivity index (χ0) is 17.5. The molecule has 2 N–H and O–H groups in total. The smallest absolute Gasteiger partial charge is 0.251 e. The first-order valence-corrected chi connectivity index (χ1v) is 8.20. The Morgan fingerprint density at radius 1 is 1.17 bits per heavy atom. The van der Waals surface area contributed by atoms with Crippen LogP contribution >= 0.6 is 23.2 Å². The Morgan fingerprint density at radius 3 is 2.54 bits per heavy atom. The number of hydrogen-bond donors (Lipinski definition) is 2. The van der Waals surface area contributed by atoms with Crippen LogP contribution in [0.3, 0.4) is 0 Å². The molecule has 128 valence electrons. The van der Waals surface area contributed by atoms with Gasteiger partial charge in [-0.1, -0.05) is 11.6 Å². The van der Waals surface area contributed by atoms with Crippen molar-refractivity contribution in [3.05, 3.63) is 46.3 Å². The lowest BCUT2D eigenvalue weighted by Gasteiger charge is -2.12. The van der Waals surface area contributed by atoms with Crippen LogP contribution in [-0.2, 0) is 0 Å². The molecule has 1 aromatic carbocycles. The fourth-order valence-corrected chi connectivity index (χ4v) is 2.27. The van der Waals surface area contributed by atoms with Gasteiger partial charge in [0.25, 0.3) is 5.91 Å². The van der Waals surface area contributed by atoms with Gasteiger partial charge in [-0.3, -0.25) is 4.79 Å². The molecule has 8 heteroatoms. The van der Waals surface area contributed by atoms with Crippen LogP contribution in [-0.4, -0.2) is 43.1 Å². The Morgan fingerprint density at radius 2 is 1.88 bits per heavy atom. The standard InChI is InChI=1S/C16H19Cl2N5O/c1-23(2)12-6-4-11(5-7-12)15(24)20-9-3-8-19-14-13(17)10-21-16(18)22-14/h4-7,10H,3,8-9H2,1-2H3,(H,20,24)(H,19,21,22). The van der Waals surface area contributed by atoms with Gasteiger partial charge < -0.3 is 15.5 Å². The molecule has 0 saturated carbocycles. The lowest BCUT2D eigenvalue weighted by Crippen LogP contribution is -2.26. The number of benzene rings is 1. The minimum Gasteiger partial charge on any atom is -0.378 e. The molecule has 2 rings (SSSR count). The monoisotopic (exact) mass is 367 g/mol. The van der Waals surface area contributed by atoms with Crippen LogP contribution in [0.4, 0.5) is 11.5 Å². The summed E-state index contributed by atoms with van der Waals surface area (Å²) < 4.78 is 0. The fourth-order valence-electron chi connectivity index (χ4n) is 1.98. The highest BCUT2D eigenvalue weighted by atomic mass is 35.5. The number of nitrogens with zero attached hydrogens (tertiary/aromatic N) is 3. The molecule has 0 fully saturated rings. The third-order valence-corrected chi connectivity index (χ3v) is 3.75. The third kappa shape index (κ3) is 5.25. The summed E-state index contributed by atoms with van der Waals surface area (Å²) in [7, 11) is 3.92. The summed E-state index contributed by atoms with van der Waals surface area (Å²) in [5.41, 5.74) is 1.69. The van der Waals surface area contributed by atoms with E-state index in [4.69, 9.17) is 23.2 Å². The molecule has 0 atom stereocenters. The summed E-state index contributed by atoms with van der Waals surface area (Å²) in [6, 6.07) is 7.45. The quantitative estimate of drug-likeness (QED) is 0.581. The van der Waals surface area contributed by atoms with E-state index in [1.807, 2.05) is 43.3 Å². The minimum atomic E-state index is -0.0941. The van der Waals surface area contributed by atoms with Gasteiger partial charge in [-0.25, -0.2) is 4.98 Å². The molecule has 1 heterocycles. The van der Waals surface area contributed by atoms with Crippen molar-refractivity contribution in [3.63, 3.8) is 0 Å². The van der Waals surface area contributed by atoms with E-state index in [9.17, 15) is 4.79 Å². The lowest BCUT2D eigenvalue weighted by atomic mass is 10.2. The van der Waals surface area contributed by atoms with Crippen LogP contribution in [0.1, 0.15) is 16.8 Å². The molecule has 0 aliphatic heterocycles. The summed E-state index contributed by atoms with van der Waals surface area (Å²) in [6.45, 7) is 1.14. The van der Waals surface area contributed by atoms with Gasteiger partial charge >= 0.3 is 0 Å². The van der Waals surface area contributed by atoms with Gasteiger partial charge in [-0.15, -0.1) is 0 Å². The average molecular weight is 368 g/mol. The number of amides is 1. The van der Waals surface area contributed by atoms with E-state index in [2.05, 4.69) is 20.6 Å². The normalized spacial score (nSPS) is 10.3. The van der Waals surface area contributed by atoms with Crippen LogP contribution in [0.15, 0.2) is 30.5 Å². The Balaban J connectivity index is 1.73. The molecule has 1 aromatic heterocycles. The molecule has 0 aliphatic carbocycles. The SMILES string of the molecule is CN(C)c1ccc(C(=O)NCCCNc2nc(Cl)ncc2Cl)cc1. The van der Waals surface area contributed by atoms with Crippen molar-refractivity contribution in [3.8, 4) is 0 Å². The highest BCUT2D eigenvalue weighted by Crippen LogP contribution is 2.19. The first-order chi connectivity index (χ1) is 11.5. The lowest BCUT2D eigenvalue weighted by molar-refractivity contribution is 0.0953. The van der Waals surface area contributed by atoms with Gasteiger partial charge in [0.15, 0.2) is 0 Å². The second kappa shape index (κ2) is 8.70. The summed E-state index contributed by atoms with van der Waals surface area (Å²) in [4.78, 5) is 21.8. The van der Waals surface area contributed by atoms with Crippen molar-refractivity contribution in [1.29, 1.82) is 0 Å². The number of halogens is 2. The van der Waals surface area contributed by atoms with Gasteiger partial charge in [-0.2, -0.15) is 4.98 Å². The van der Waals surface area contributed by atoms with E-state index in [1.54, 1.807) is 0 Å². The maximum Gasteiger partial charge on any atom is 0.251 e. The molecule has 6 nitrogen and oxygen atoms in total. The zero-order valence-electron chi connectivity index (χ0n) is 13.5. The predicted octanol–water partition coefficient (Wildman–Crippen LogP) is 3.08. The van der Waals surface area contributed by atoms with Gasteiger partial charge in [0.1, 0.15) is 10.8 Å². The molecule has 0 saturated heterocycles. The number of aromatic nitrogens is 2. The Hall–Kier alpha value is -2.05. The number of carbonyl (C=O) groups is 1. The minimum absolute atomic E-state index is 0.0941. The second-order valence-electron chi connectivity index (χ2n) is 5.31.